The van der Waals surface area contributed by atoms with Crippen molar-refractivity contribution in [2.45, 2.75) is 32.7 Å². The van der Waals surface area contributed by atoms with Crippen LogP contribution in [0.1, 0.15) is 38.3 Å². The Morgan fingerprint density at radius 2 is 1.96 bits per heavy atom. The highest BCUT2D eigenvalue weighted by atomic mass is 79.9. The number of nitrogens with one attached hydrogen (secondary N) is 1. The minimum Gasteiger partial charge on any atom is -0.329 e. The van der Waals surface area contributed by atoms with Crippen LogP contribution in [-0.2, 0) is 4.79 Å². The number of carbonyl (C=O) groups is 1. The first-order chi connectivity index (χ1) is 12.9. The third-order valence-electron chi connectivity index (χ3n) is 5.47. The zero-order chi connectivity index (χ0) is 18.8. The van der Waals surface area contributed by atoms with Crippen molar-refractivity contribution >= 4 is 38.7 Å². The molecule has 0 saturated carbocycles. The second kappa shape index (κ2) is 5.80. The smallest absolute Gasteiger partial charge is 0.209 e. The van der Waals surface area contributed by atoms with Gasteiger partial charge in [0.05, 0.1) is 17.1 Å². The molecular weight excluding hydrogens is 402 g/mol. The summed E-state index contributed by atoms with van der Waals surface area (Å²) in [5, 5.41) is 3.49. The molecule has 4 nitrogen and oxygen atoms in total. The molecule has 0 bridgehead atoms. The van der Waals surface area contributed by atoms with Gasteiger partial charge in [-0.3, -0.25) is 9.36 Å². The van der Waals surface area contributed by atoms with E-state index in [0.717, 1.165) is 44.7 Å². The molecule has 136 valence electrons. The number of rotatable bonds is 1. The second-order valence-electron chi connectivity index (χ2n) is 8.21. The number of Topliss-reactive ketones (excluding diaryl/α,β-unsaturated/α-hetero) is 1. The third-order valence-corrected chi connectivity index (χ3v) is 5.97. The van der Waals surface area contributed by atoms with E-state index in [0.29, 0.717) is 6.42 Å². The van der Waals surface area contributed by atoms with Gasteiger partial charge < -0.3 is 5.32 Å². The van der Waals surface area contributed by atoms with Gasteiger partial charge in [0.25, 0.3) is 0 Å². The maximum Gasteiger partial charge on any atom is 0.209 e. The minimum absolute atomic E-state index is 0.0427. The van der Waals surface area contributed by atoms with Crippen molar-refractivity contribution in [2.75, 3.05) is 5.32 Å². The van der Waals surface area contributed by atoms with E-state index in [2.05, 4.69) is 57.9 Å². The maximum absolute atomic E-state index is 13.2. The molecular formula is C22H20BrN3O. The Morgan fingerprint density at radius 3 is 2.78 bits per heavy atom. The van der Waals surface area contributed by atoms with Gasteiger partial charge in [0.15, 0.2) is 5.78 Å². The van der Waals surface area contributed by atoms with Crippen LogP contribution in [0.25, 0.3) is 11.0 Å². The van der Waals surface area contributed by atoms with Crippen LogP contribution in [0.2, 0.25) is 0 Å². The van der Waals surface area contributed by atoms with E-state index in [9.17, 15) is 4.79 Å². The van der Waals surface area contributed by atoms with Gasteiger partial charge in [-0.25, -0.2) is 4.98 Å². The highest BCUT2D eigenvalue weighted by Crippen LogP contribution is 2.47. The van der Waals surface area contributed by atoms with Crippen LogP contribution in [0.4, 0.5) is 5.95 Å². The number of para-hydroxylation sites is 2. The number of benzene rings is 2. The lowest BCUT2D eigenvalue weighted by atomic mass is 9.73. The molecule has 1 aliphatic heterocycles. The maximum atomic E-state index is 13.2. The Kier molecular flexibility index (Phi) is 3.60. The number of imidazole rings is 1. The molecule has 2 aliphatic rings. The van der Waals surface area contributed by atoms with Crippen molar-refractivity contribution < 1.29 is 4.79 Å². The Balaban J connectivity index is 1.80. The van der Waals surface area contributed by atoms with Gasteiger partial charge in [-0.1, -0.05) is 54.0 Å². The number of aromatic nitrogens is 2. The third kappa shape index (κ3) is 2.64. The van der Waals surface area contributed by atoms with E-state index in [1.54, 1.807) is 0 Å². The summed E-state index contributed by atoms with van der Waals surface area (Å²) in [6, 6.07) is 16.2. The standard InChI is InChI=1S/C22H20BrN3O/c1-22(2)11-16-19(18(27)12-22)20(13-6-5-7-14(23)10-13)26-17-9-4-3-8-15(17)24-21(26)25-16/h3-10,20H,11-12H2,1-2H3,(H,24,25). The Bertz CT molecular complexity index is 1130. The topological polar surface area (TPSA) is 46.9 Å². The number of ketones is 1. The molecule has 1 unspecified atom stereocenters. The number of nitrogens with zero attached hydrogens (tertiary/aromatic N) is 2. The molecule has 0 saturated heterocycles. The zero-order valence-electron chi connectivity index (χ0n) is 15.3. The van der Waals surface area contributed by atoms with Gasteiger partial charge >= 0.3 is 0 Å². The van der Waals surface area contributed by atoms with Crippen LogP contribution in [0, 0.1) is 5.41 Å². The van der Waals surface area contributed by atoms with Gasteiger partial charge in [0.1, 0.15) is 0 Å². The molecule has 1 atom stereocenters. The lowest BCUT2D eigenvalue weighted by molar-refractivity contribution is -0.118. The van der Waals surface area contributed by atoms with E-state index in [1.807, 2.05) is 30.3 Å². The number of anilines is 1. The lowest BCUT2D eigenvalue weighted by Gasteiger charge is -2.39. The number of fused-ring (bicyclic) bond motifs is 3. The molecule has 0 radical (unpaired) electrons. The van der Waals surface area contributed by atoms with Crippen LogP contribution >= 0.6 is 15.9 Å². The van der Waals surface area contributed by atoms with E-state index in [-0.39, 0.29) is 17.2 Å². The van der Waals surface area contributed by atoms with Crippen LogP contribution < -0.4 is 5.32 Å². The first kappa shape index (κ1) is 16.8. The average molecular weight is 422 g/mol. The fraction of sp³-hybridized carbons (Fsp3) is 0.273. The summed E-state index contributed by atoms with van der Waals surface area (Å²) in [5.41, 5.74) is 4.92. The SMILES string of the molecule is CC1(C)CC(=O)C2=C(C1)Nc1nc3ccccc3n1C2c1cccc(Br)c1. The predicted octanol–water partition coefficient (Wildman–Crippen LogP) is 5.46. The van der Waals surface area contributed by atoms with Gasteiger partial charge in [-0.15, -0.1) is 0 Å². The average Bonchev–Trinajstić information content (AvgIpc) is 2.96. The lowest BCUT2D eigenvalue weighted by Crippen LogP contribution is -2.36. The van der Waals surface area contributed by atoms with Crippen LogP contribution in [-0.4, -0.2) is 15.3 Å². The van der Waals surface area contributed by atoms with Crippen molar-refractivity contribution in [1.82, 2.24) is 9.55 Å². The van der Waals surface area contributed by atoms with Crippen molar-refractivity contribution in [3.63, 3.8) is 0 Å². The van der Waals surface area contributed by atoms with Crippen molar-refractivity contribution in [2.24, 2.45) is 5.41 Å². The van der Waals surface area contributed by atoms with Crippen LogP contribution in [0.3, 0.4) is 0 Å². The molecule has 1 aliphatic carbocycles. The Hall–Kier alpha value is -2.40. The van der Waals surface area contributed by atoms with E-state index < -0.39 is 0 Å². The summed E-state index contributed by atoms with van der Waals surface area (Å²) in [6.07, 6.45) is 1.42. The molecule has 1 aromatic heterocycles. The molecule has 0 spiro atoms. The van der Waals surface area contributed by atoms with E-state index >= 15 is 0 Å². The van der Waals surface area contributed by atoms with E-state index in [4.69, 9.17) is 4.98 Å². The summed E-state index contributed by atoms with van der Waals surface area (Å²) in [4.78, 5) is 18.0. The normalized spacial score (nSPS) is 21.0. The molecule has 5 heteroatoms. The van der Waals surface area contributed by atoms with Crippen LogP contribution in [0.5, 0.6) is 0 Å². The highest BCUT2D eigenvalue weighted by molar-refractivity contribution is 9.10. The summed E-state index contributed by atoms with van der Waals surface area (Å²) < 4.78 is 3.18. The number of hydrogen-bond donors (Lipinski definition) is 1. The fourth-order valence-electron chi connectivity index (χ4n) is 4.41. The van der Waals surface area contributed by atoms with Crippen molar-refractivity contribution in [1.29, 1.82) is 0 Å². The molecule has 0 fully saturated rings. The van der Waals surface area contributed by atoms with E-state index in [1.165, 1.54) is 0 Å². The quantitative estimate of drug-likeness (QED) is 0.567. The van der Waals surface area contributed by atoms with Crippen LogP contribution in [0.15, 0.2) is 64.3 Å². The molecule has 5 rings (SSSR count). The van der Waals surface area contributed by atoms with Gasteiger partial charge in [0.2, 0.25) is 5.95 Å². The fourth-order valence-corrected chi connectivity index (χ4v) is 4.83. The number of hydrogen-bond acceptors (Lipinski definition) is 3. The Labute approximate surface area is 166 Å². The second-order valence-corrected chi connectivity index (χ2v) is 9.13. The van der Waals surface area contributed by atoms with Gasteiger partial charge in [-0.05, 0) is 41.7 Å². The highest BCUT2D eigenvalue weighted by Gasteiger charge is 2.41. The zero-order valence-corrected chi connectivity index (χ0v) is 16.9. The largest absolute Gasteiger partial charge is 0.329 e. The molecule has 2 aromatic carbocycles. The first-order valence-corrected chi connectivity index (χ1v) is 9.98. The number of allylic oxidation sites excluding steroid dienone is 2. The summed E-state index contributed by atoms with van der Waals surface area (Å²) in [7, 11) is 0. The summed E-state index contributed by atoms with van der Waals surface area (Å²) >= 11 is 3.59. The summed E-state index contributed by atoms with van der Waals surface area (Å²) in [5.74, 6) is 1.03. The Morgan fingerprint density at radius 1 is 1.15 bits per heavy atom. The first-order valence-electron chi connectivity index (χ1n) is 9.19. The summed E-state index contributed by atoms with van der Waals surface area (Å²) in [6.45, 7) is 4.31. The van der Waals surface area contributed by atoms with Gasteiger partial charge in [-0.2, -0.15) is 0 Å². The monoisotopic (exact) mass is 421 g/mol. The van der Waals surface area contributed by atoms with Crippen molar-refractivity contribution in [3.8, 4) is 0 Å². The predicted molar refractivity (Wildman–Crippen MR) is 111 cm³/mol. The number of carbonyl (C=O) groups excluding carboxylic acids is 1. The van der Waals surface area contributed by atoms with Crippen molar-refractivity contribution in [3.05, 3.63) is 69.8 Å². The molecule has 3 aromatic rings. The molecule has 27 heavy (non-hydrogen) atoms. The molecule has 0 amide bonds. The van der Waals surface area contributed by atoms with Gasteiger partial charge in [0, 0.05) is 22.2 Å². The molecule has 1 N–H and O–H groups in total. The number of halogens is 1. The minimum atomic E-state index is -0.162. The molecule has 2 heterocycles.